The summed E-state index contributed by atoms with van der Waals surface area (Å²) in [6.45, 7) is 7.45. The lowest BCUT2D eigenvalue weighted by atomic mass is 9.91. The number of anilines is 1. The summed E-state index contributed by atoms with van der Waals surface area (Å²) in [6.07, 6.45) is 0. The number of hydrogen-bond donors (Lipinski definition) is 2. The first-order chi connectivity index (χ1) is 13.2. The molecule has 2 N–H and O–H groups in total. The summed E-state index contributed by atoms with van der Waals surface area (Å²) in [6, 6.07) is 14.3. The molecule has 0 aliphatic carbocycles. The zero-order valence-electron chi connectivity index (χ0n) is 16.6. The molecule has 146 valence electrons. The molecule has 1 unspecified atom stereocenters. The van der Waals surface area contributed by atoms with Crippen molar-refractivity contribution in [2.75, 3.05) is 11.9 Å². The molecule has 1 aliphatic rings. The topological polar surface area (TPSA) is 78.5 Å². The number of amides is 4. The fourth-order valence-electron chi connectivity index (χ4n) is 3.22. The summed E-state index contributed by atoms with van der Waals surface area (Å²) < 4.78 is 0. The SMILES string of the molecule is Cc1ccc(C2(C)NC(=O)N(CC(=O)Nc3ccc(C(C)C)cc3)C2=O)cc1. The van der Waals surface area contributed by atoms with E-state index < -0.39 is 23.4 Å². The Morgan fingerprint density at radius 1 is 1.07 bits per heavy atom. The van der Waals surface area contributed by atoms with Crippen molar-refractivity contribution >= 4 is 23.5 Å². The summed E-state index contributed by atoms with van der Waals surface area (Å²) >= 11 is 0. The quantitative estimate of drug-likeness (QED) is 0.780. The maximum Gasteiger partial charge on any atom is 0.325 e. The zero-order chi connectivity index (χ0) is 20.5. The number of benzene rings is 2. The fourth-order valence-corrected chi connectivity index (χ4v) is 3.22. The van der Waals surface area contributed by atoms with Crippen LogP contribution in [0.3, 0.4) is 0 Å². The fraction of sp³-hybridized carbons (Fsp3) is 0.318. The van der Waals surface area contributed by atoms with E-state index in [9.17, 15) is 14.4 Å². The molecule has 0 spiro atoms. The largest absolute Gasteiger partial charge is 0.325 e. The normalized spacial score (nSPS) is 19.1. The minimum absolute atomic E-state index is 0.335. The lowest BCUT2D eigenvalue weighted by Gasteiger charge is -2.22. The summed E-state index contributed by atoms with van der Waals surface area (Å²) in [4.78, 5) is 38.6. The van der Waals surface area contributed by atoms with Crippen molar-refractivity contribution in [3.63, 3.8) is 0 Å². The van der Waals surface area contributed by atoms with Crippen LogP contribution in [-0.4, -0.2) is 29.3 Å². The minimum atomic E-state index is -1.18. The van der Waals surface area contributed by atoms with Gasteiger partial charge in [0.25, 0.3) is 5.91 Å². The standard InChI is InChI=1S/C22H25N3O3/c1-14(2)16-7-11-18(12-8-16)23-19(26)13-25-20(27)22(4,24-21(25)28)17-9-5-15(3)6-10-17/h5-12,14H,13H2,1-4H3,(H,23,26)(H,24,28). The van der Waals surface area contributed by atoms with Gasteiger partial charge >= 0.3 is 6.03 Å². The van der Waals surface area contributed by atoms with Gasteiger partial charge in [-0.05, 0) is 43.0 Å². The molecule has 4 amide bonds. The number of aryl methyl sites for hydroxylation is 1. The number of rotatable bonds is 5. The second-order valence-corrected chi connectivity index (χ2v) is 7.64. The number of hydrogen-bond acceptors (Lipinski definition) is 3. The second-order valence-electron chi connectivity index (χ2n) is 7.64. The van der Waals surface area contributed by atoms with E-state index in [0.29, 0.717) is 17.2 Å². The van der Waals surface area contributed by atoms with Gasteiger partial charge in [0.2, 0.25) is 5.91 Å². The van der Waals surface area contributed by atoms with Crippen LogP contribution in [0.2, 0.25) is 0 Å². The highest BCUT2D eigenvalue weighted by Gasteiger charge is 2.49. The molecule has 2 aromatic carbocycles. The van der Waals surface area contributed by atoms with Gasteiger partial charge in [-0.15, -0.1) is 0 Å². The van der Waals surface area contributed by atoms with Crippen LogP contribution in [0.1, 0.15) is 43.4 Å². The number of nitrogens with zero attached hydrogens (tertiary/aromatic N) is 1. The molecule has 1 saturated heterocycles. The highest BCUT2D eigenvalue weighted by Crippen LogP contribution is 2.29. The van der Waals surface area contributed by atoms with Crippen LogP contribution >= 0.6 is 0 Å². The molecule has 0 bridgehead atoms. The molecule has 2 aromatic rings. The average Bonchev–Trinajstić information content (AvgIpc) is 2.86. The van der Waals surface area contributed by atoms with Crippen LogP contribution in [0.15, 0.2) is 48.5 Å². The molecule has 3 rings (SSSR count). The molecular formula is C22H25N3O3. The van der Waals surface area contributed by atoms with Gasteiger partial charge in [0.15, 0.2) is 0 Å². The minimum Gasteiger partial charge on any atom is -0.325 e. The van der Waals surface area contributed by atoms with Crippen LogP contribution in [0.4, 0.5) is 10.5 Å². The number of nitrogens with one attached hydrogen (secondary N) is 2. The Bertz CT molecular complexity index is 904. The van der Waals surface area contributed by atoms with Gasteiger partial charge in [-0.3, -0.25) is 14.5 Å². The van der Waals surface area contributed by atoms with Crippen LogP contribution < -0.4 is 10.6 Å². The van der Waals surface area contributed by atoms with Gasteiger partial charge < -0.3 is 10.6 Å². The van der Waals surface area contributed by atoms with Gasteiger partial charge in [0.05, 0.1) is 0 Å². The first kappa shape index (κ1) is 19.6. The Morgan fingerprint density at radius 2 is 1.68 bits per heavy atom. The third-order valence-electron chi connectivity index (χ3n) is 5.07. The third-order valence-corrected chi connectivity index (χ3v) is 5.07. The van der Waals surface area contributed by atoms with Crippen LogP contribution in [0.25, 0.3) is 0 Å². The van der Waals surface area contributed by atoms with E-state index in [2.05, 4.69) is 24.5 Å². The zero-order valence-corrected chi connectivity index (χ0v) is 16.6. The number of imide groups is 1. The van der Waals surface area contributed by atoms with Crippen LogP contribution in [0, 0.1) is 6.92 Å². The molecule has 0 radical (unpaired) electrons. The summed E-state index contributed by atoms with van der Waals surface area (Å²) in [5, 5.41) is 5.45. The highest BCUT2D eigenvalue weighted by atomic mass is 16.2. The van der Waals surface area contributed by atoms with Crippen molar-refractivity contribution in [2.45, 2.75) is 39.2 Å². The van der Waals surface area contributed by atoms with Gasteiger partial charge in [-0.1, -0.05) is 55.8 Å². The molecule has 6 heteroatoms. The number of carbonyl (C=O) groups excluding carboxylic acids is 3. The molecular weight excluding hydrogens is 354 g/mol. The van der Waals surface area contributed by atoms with Crippen LogP contribution in [-0.2, 0) is 15.1 Å². The molecule has 28 heavy (non-hydrogen) atoms. The first-order valence-corrected chi connectivity index (χ1v) is 9.32. The predicted molar refractivity (Wildman–Crippen MR) is 108 cm³/mol. The number of urea groups is 1. The Hall–Kier alpha value is -3.15. The lowest BCUT2D eigenvalue weighted by molar-refractivity contribution is -0.133. The Balaban J connectivity index is 1.70. The molecule has 1 atom stereocenters. The average molecular weight is 379 g/mol. The monoisotopic (exact) mass is 379 g/mol. The smallest absolute Gasteiger partial charge is 0.325 e. The van der Waals surface area contributed by atoms with Crippen molar-refractivity contribution in [1.82, 2.24) is 10.2 Å². The van der Waals surface area contributed by atoms with Gasteiger partial charge in [-0.25, -0.2) is 4.79 Å². The predicted octanol–water partition coefficient (Wildman–Crippen LogP) is 3.52. The second kappa shape index (κ2) is 7.46. The van der Waals surface area contributed by atoms with Crippen molar-refractivity contribution in [2.24, 2.45) is 0 Å². The molecule has 0 aromatic heterocycles. The van der Waals surface area contributed by atoms with E-state index in [1.807, 2.05) is 55.5 Å². The van der Waals surface area contributed by atoms with E-state index in [4.69, 9.17) is 0 Å². The maximum atomic E-state index is 12.9. The van der Waals surface area contributed by atoms with Gasteiger partial charge in [0, 0.05) is 5.69 Å². The maximum absolute atomic E-state index is 12.9. The van der Waals surface area contributed by atoms with Crippen molar-refractivity contribution in [3.05, 3.63) is 65.2 Å². The van der Waals surface area contributed by atoms with E-state index in [1.54, 1.807) is 6.92 Å². The third kappa shape index (κ3) is 3.76. The Morgan fingerprint density at radius 3 is 2.25 bits per heavy atom. The molecule has 1 aliphatic heterocycles. The van der Waals surface area contributed by atoms with Gasteiger partial charge in [-0.2, -0.15) is 0 Å². The molecule has 1 heterocycles. The van der Waals surface area contributed by atoms with Crippen molar-refractivity contribution in [3.8, 4) is 0 Å². The van der Waals surface area contributed by atoms with E-state index in [1.165, 1.54) is 5.56 Å². The highest BCUT2D eigenvalue weighted by molar-refractivity contribution is 6.10. The molecule has 0 saturated carbocycles. The Labute approximate surface area is 164 Å². The number of carbonyl (C=O) groups is 3. The van der Waals surface area contributed by atoms with Crippen LogP contribution in [0.5, 0.6) is 0 Å². The van der Waals surface area contributed by atoms with E-state index in [0.717, 1.165) is 10.5 Å². The van der Waals surface area contributed by atoms with Gasteiger partial charge in [0.1, 0.15) is 12.1 Å². The summed E-state index contributed by atoms with van der Waals surface area (Å²) in [5.41, 5.74) is 2.36. The summed E-state index contributed by atoms with van der Waals surface area (Å²) in [5.74, 6) is -0.462. The van der Waals surface area contributed by atoms with Crippen molar-refractivity contribution < 1.29 is 14.4 Å². The Kier molecular flexibility index (Phi) is 5.23. The molecule has 6 nitrogen and oxygen atoms in total. The lowest BCUT2D eigenvalue weighted by Crippen LogP contribution is -2.42. The van der Waals surface area contributed by atoms with E-state index >= 15 is 0 Å². The van der Waals surface area contributed by atoms with E-state index in [-0.39, 0.29) is 6.54 Å². The molecule has 1 fully saturated rings. The van der Waals surface area contributed by atoms with Crippen molar-refractivity contribution in [1.29, 1.82) is 0 Å². The summed E-state index contributed by atoms with van der Waals surface area (Å²) in [7, 11) is 0. The first-order valence-electron chi connectivity index (χ1n) is 9.32.